The zero-order valence-electron chi connectivity index (χ0n) is 13.3. The number of ketones is 1. The Balaban J connectivity index is 1.55. The van der Waals surface area contributed by atoms with Crippen LogP contribution in [0.15, 0.2) is 35.7 Å². The number of rotatable bonds is 3. The summed E-state index contributed by atoms with van der Waals surface area (Å²) < 4.78 is 0. The highest BCUT2D eigenvalue weighted by molar-refractivity contribution is 7.12. The lowest BCUT2D eigenvalue weighted by molar-refractivity contribution is 0.0719. The van der Waals surface area contributed by atoms with Gasteiger partial charge < -0.3 is 4.90 Å². The van der Waals surface area contributed by atoms with Crippen LogP contribution in [0.25, 0.3) is 5.57 Å². The van der Waals surface area contributed by atoms with Crippen molar-refractivity contribution in [1.82, 2.24) is 9.88 Å². The number of aromatic nitrogens is 1. The second-order valence-corrected chi connectivity index (χ2v) is 7.06. The normalized spacial score (nSPS) is 16.7. The van der Waals surface area contributed by atoms with Gasteiger partial charge in [-0.2, -0.15) is 0 Å². The quantitative estimate of drug-likeness (QED) is 0.804. The number of nitrogens with zero attached hydrogens (tertiary/aromatic N) is 2. The van der Waals surface area contributed by atoms with Crippen molar-refractivity contribution in [3.63, 3.8) is 0 Å². The molecule has 122 valence electrons. The second kappa shape index (κ2) is 6.32. The Morgan fingerprint density at radius 3 is 2.71 bits per heavy atom. The smallest absolute Gasteiger partial charge is 0.273 e. The Kier molecular flexibility index (Phi) is 4.02. The number of Topliss-reactive ketones (excluding diaryl/α,β-unsaturated/α-hetero) is 1. The van der Waals surface area contributed by atoms with Crippen LogP contribution >= 0.6 is 11.3 Å². The Hall–Kier alpha value is -2.27. The lowest BCUT2D eigenvalue weighted by Gasteiger charge is -2.25. The number of amides is 1. The van der Waals surface area contributed by atoms with E-state index in [0.717, 1.165) is 37.9 Å². The number of fused-ring (bicyclic) bond motifs is 1. The van der Waals surface area contributed by atoms with Gasteiger partial charge in [-0.1, -0.05) is 30.3 Å². The molecule has 1 saturated heterocycles. The molecule has 24 heavy (non-hydrogen) atoms. The molecule has 2 heterocycles. The topological polar surface area (TPSA) is 50.3 Å². The molecule has 0 saturated carbocycles. The van der Waals surface area contributed by atoms with Gasteiger partial charge in [0.15, 0.2) is 5.01 Å². The number of likely N-dealkylation sites (tertiary alicyclic amines) is 1. The van der Waals surface area contributed by atoms with E-state index in [1.54, 1.807) is 5.38 Å². The summed E-state index contributed by atoms with van der Waals surface area (Å²) in [7, 11) is 0. The van der Waals surface area contributed by atoms with Crippen molar-refractivity contribution < 1.29 is 9.59 Å². The predicted molar refractivity (Wildman–Crippen MR) is 94.3 cm³/mol. The highest BCUT2D eigenvalue weighted by atomic mass is 32.1. The summed E-state index contributed by atoms with van der Waals surface area (Å²) in [4.78, 5) is 31.5. The van der Waals surface area contributed by atoms with E-state index in [4.69, 9.17) is 0 Å². The minimum Gasteiger partial charge on any atom is -0.337 e. The predicted octanol–water partition coefficient (Wildman–Crippen LogP) is 3.59. The van der Waals surface area contributed by atoms with E-state index < -0.39 is 0 Å². The first-order valence-electron chi connectivity index (χ1n) is 8.32. The maximum atomic E-state index is 12.8. The SMILES string of the molecule is O=C(C1=CCc2ccccc21)c1nc(C(=O)N2CCCCC2)cs1. The van der Waals surface area contributed by atoms with Gasteiger partial charge in [0.05, 0.1) is 0 Å². The molecule has 1 aliphatic heterocycles. The molecular formula is C19H18N2O2S. The van der Waals surface area contributed by atoms with Crippen molar-refractivity contribution in [2.45, 2.75) is 25.7 Å². The standard InChI is InChI=1S/C19H18N2O2S/c22-17(15-9-8-13-6-2-3-7-14(13)15)18-20-16(12-24-18)19(23)21-10-4-1-5-11-21/h2-3,6-7,9,12H,1,4-5,8,10-11H2. The third kappa shape index (κ3) is 2.69. The number of allylic oxidation sites excluding steroid dienone is 2. The first-order valence-corrected chi connectivity index (χ1v) is 9.20. The monoisotopic (exact) mass is 338 g/mol. The van der Waals surface area contributed by atoms with Crippen LogP contribution < -0.4 is 0 Å². The molecule has 0 atom stereocenters. The van der Waals surface area contributed by atoms with Gasteiger partial charge in [-0.3, -0.25) is 9.59 Å². The van der Waals surface area contributed by atoms with Gasteiger partial charge >= 0.3 is 0 Å². The van der Waals surface area contributed by atoms with Crippen molar-refractivity contribution in [3.05, 3.63) is 57.6 Å². The fourth-order valence-corrected chi connectivity index (χ4v) is 4.09. The molecule has 0 unspecified atom stereocenters. The molecule has 1 aromatic heterocycles. The molecule has 1 fully saturated rings. The van der Waals surface area contributed by atoms with Gasteiger partial charge in [-0.15, -0.1) is 11.3 Å². The van der Waals surface area contributed by atoms with Gasteiger partial charge in [0.1, 0.15) is 5.69 Å². The van der Waals surface area contributed by atoms with Crippen LogP contribution in [0.3, 0.4) is 0 Å². The van der Waals surface area contributed by atoms with Crippen LogP contribution in [-0.4, -0.2) is 34.7 Å². The molecule has 0 spiro atoms. The molecule has 1 aliphatic carbocycles. The first kappa shape index (κ1) is 15.3. The van der Waals surface area contributed by atoms with E-state index in [2.05, 4.69) is 4.98 Å². The fraction of sp³-hybridized carbons (Fsp3) is 0.316. The van der Waals surface area contributed by atoms with Crippen molar-refractivity contribution in [3.8, 4) is 0 Å². The lowest BCUT2D eigenvalue weighted by Crippen LogP contribution is -2.35. The largest absolute Gasteiger partial charge is 0.337 e. The van der Waals surface area contributed by atoms with Gasteiger partial charge in [-0.25, -0.2) is 4.98 Å². The average Bonchev–Trinajstić information content (AvgIpc) is 3.28. The van der Waals surface area contributed by atoms with Gasteiger partial charge in [0.25, 0.3) is 5.91 Å². The number of piperidine rings is 1. The molecule has 0 N–H and O–H groups in total. The third-order valence-electron chi connectivity index (χ3n) is 4.64. The molecule has 5 heteroatoms. The fourth-order valence-electron chi connectivity index (χ4n) is 3.35. The van der Waals surface area contributed by atoms with E-state index in [1.807, 2.05) is 35.2 Å². The average molecular weight is 338 g/mol. The number of carbonyl (C=O) groups is 2. The van der Waals surface area contributed by atoms with Crippen molar-refractivity contribution >= 4 is 28.6 Å². The third-order valence-corrected chi connectivity index (χ3v) is 5.48. The summed E-state index contributed by atoms with van der Waals surface area (Å²) in [5.74, 6) is -0.131. The highest BCUT2D eigenvalue weighted by Gasteiger charge is 2.26. The molecule has 4 nitrogen and oxygen atoms in total. The van der Waals surface area contributed by atoms with E-state index in [0.29, 0.717) is 16.3 Å². The molecule has 0 bridgehead atoms. The van der Waals surface area contributed by atoms with E-state index in [1.165, 1.54) is 23.3 Å². The first-order chi connectivity index (χ1) is 11.7. The zero-order chi connectivity index (χ0) is 16.5. The lowest BCUT2D eigenvalue weighted by atomic mass is 10.0. The number of hydrogen-bond acceptors (Lipinski definition) is 4. The Morgan fingerprint density at radius 2 is 1.88 bits per heavy atom. The molecule has 1 aromatic carbocycles. The Bertz CT molecular complexity index is 831. The van der Waals surface area contributed by atoms with Crippen LogP contribution in [0.4, 0.5) is 0 Å². The number of thiazole rings is 1. The molecule has 2 aliphatic rings. The summed E-state index contributed by atoms with van der Waals surface area (Å²) in [5.41, 5.74) is 3.26. The van der Waals surface area contributed by atoms with Gasteiger partial charge in [0, 0.05) is 24.0 Å². The second-order valence-electron chi connectivity index (χ2n) is 6.20. The Labute approximate surface area is 144 Å². The highest BCUT2D eigenvalue weighted by Crippen LogP contribution is 2.30. The molecule has 0 radical (unpaired) electrons. The number of carbonyl (C=O) groups excluding carboxylic acids is 2. The van der Waals surface area contributed by atoms with Crippen LogP contribution in [0, 0.1) is 0 Å². The summed E-state index contributed by atoms with van der Waals surface area (Å²) in [6.45, 7) is 1.58. The number of benzene rings is 1. The van der Waals surface area contributed by atoms with Crippen LogP contribution in [0.2, 0.25) is 0 Å². The van der Waals surface area contributed by atoms with Crippen molar-refractivity contribution in [1.29, 1.82) is 0 Å². The van der Waals surface area contributed by atoms with Crippen LogP contribution in [0.1, 0.15) is 50.7 Å². The zero-order valence-corrected chi connectivity index (χ0v) is 14.1. The number of hydrogen-bond donors (Lipinski definition) is 0. The van der Waals surface area contributed by atoms with Gasteiger partial charge in [-0.05, 0) is 36.8 Å². The molecule has 4 rings (SSSR count). The maximum Gasteiger partial charge on any atom is 0.273 e. The summed E-state index contributed by atoms with van der Waals surface area (Å²) in [6.07, 6.45) is 6.01. The van der Waals surface area contributed by atoms with E-state index >= 15 is 0 Å². The van der Waals surface area contributed by atoms with Gasteiger partial charge in [0.2, 0.25) is 5.78 Å². The van der Waals surface area contributed by atoms with Crippen molar-refractivity contribution in [2.24, 2.45) is 0 Å². The van der Waals surface area contributed by atoms with E-state index in [-0.39, 0.29) is 11.7 Å². The van der Waals surface area contributed by atoms with Crippen LogP contribution in [-0.2, 0) is 6.42 Å². The summed E-state index contributed by atoms with van der Waals surface area (Å²) in [5, 5.41) is 2.12. The summed E-state index contributed by atoms with van der Waals surface area (Å²) in [6, 6.07) is 7.94. The molecule has 1 amide bonds. The summed E-state index contributed by atoms with van der Waals surface area (Å²) >= 11 is 1.26. The van der Waals surface area contributed by atoms with Crippen molar-refractivity contribution in [2.75, 3.05) is 13.1 Å². The minimum atomic E-state index is -0.0809. The molecule has 2 aromatic rings. The van der Waals surface area contributed by atoms with E-state index in [9.17, 15) is 9.59 Å². The Morgan fingerprint density at radius 1 is 1.08 bits per heavy atom. The maximum absolute atomic E-state index is 12.8. The molecular weight excluding hydrogens is 320 g/mol. The minimum absolute atomic E-state index is 0.0502. The van der Waals surface area contributed by atoms with Crippen LogP contribution in [0.5, 0.6) is 0 Å².